The fraction of sp³-hybridized carbons (Fsp3) is 0.0476. The highest BCUT2D eigenvalue weighted by Crippen LogP contribution is 2.36. The molecule has 0 bridgehead atoms. The van der Waals surface area contributed by atoms with Crippen LogP contribution in [0.15, 0.2) is 77.8 Å². The summed E-state index contributed by atoms with van der Waals surface area (Å²) in [6.07, 6.45) is 1.76. The largest absolute Gasteiger partial charge is 0.494 e. The Morgan fingerprint density at radius 2 is 1.79 bits per heavy atom. The van der Waals surface area contributed by atoms with Gasteiger partial charge in [-0.05, 0) is 35.9 Å². The van der Waals surface area contributed by atoms with Crippen LogP contribution in [0.3, 0.4) is 0 Å². The van der Waals surface area contributed by atoms with E-state index in [1.54, 1.807) is 41.0 Å². The second-order valence-corrected chi connectivity index (χ2v) is 8.73. The molecule has 0 radical (unpaired) electrons. The molecule has 5 rings (SSSR count). The Kier molecular flexibility index (Phi) is 3.88. The van der Waals surface area contributed by atoms with E-state index in [0.29, 0.717) is 33.5 Å². The molecule has 5 aromatic rings. The van der Waals surface area contributed by atoms with Crippen LogP contribution in [0.1, 0.15) is 5.56 Å². The van der Waals surface area contributed by atoms with E-state index in [1.165, 1.54) is 6.07 Å². The van der Waals surface area contributed by atoms with Crippen LogP contribution < -0.4 is 0 Å². The lowest BCUT2D eigenvalue weighted by Crippen LogP contribution is -2.04. The summed E-state index contributed by atoms with van der Waals surface area (Å²) in [4.78, 5) is 7.50. The van der Waals surface area contributed by atoms with Crippen LogP contribution in [-0.4, -0.2) is 33.1 Å². The number of aromatic nitrogens is 4. The molecule has 2 aromatic carbocycles. The molecule has 144 valence electrons. The normalized spacial score (nSPS) is 12.0. The van der Waals surface area contributed by atoms with E-state index in [9.17, 15) is 13.5 Å². The second-order valence-electron chi connectivity index (χ2n) is 6.74. The maximum absolute atomic E-state index is 12.9. The van der Waals surface area contributed by atoms with Crippen LogP contribution in [0.25, 0.3) is 27.9 Å². The number of hydrogen-bond donors (Lipinski definition) is 2. The molecule has 0 unspecified atom stereocenters. The molecule has 0 saturated heterocycles. The Morgan fingerprint density at radius 3 is 2.59 bits per heavy atom. The van der Waals surface area contributed by atoms with Crippen molar-refractivity contribution in [1.82, 2.24) is 19.6 Å². The minimum Gasteiger partial charge on any atom is -0.494 e. The van der Waals surface area contributed by atoms with E-state index in [2.05, 4.69) is 15.1 Å². The highest BCUT2D eigenvalue weighted by atomic mass is 32.2. The van der Waals surface area contributed by atoms with Crippen molar-refractivity contribution in [3.63, 3.8) is 0 Å². The smallest absolute Gasteiger partial charge is 0.200 e. The zero-order chi connectivity index (χ0) is 20.0. The topological polar surface area (TPSA) is 100 Å². The van der Waals surface area contributed by atoms with Gasteiger partial charge in [-0.25, -0.2) is 17.9 Å². The lowest BCUT2D eigenvalue weighted by molar-refractivity contribution is 0.460. The summed E-state index contributed by atoms with van der Waals surface area (Å²) >= 11 is 0. The Morgan fingerprint density at radius 1 is 1.00 bits per heavy atom. The van der Waals surface area contributed by atoms with Crippen molar-refractivity contribution in [3.8, 4) is 17.3 Å². The number of aromatic hydroxyl groups is 1. The van der Waals surface area contributed by atoms with Crippen molar-refractivity contribution in [3.05, 3.63) is 78.5 Å². The zero-order valence-electron chi connectivity index (χ0n) is 15.1. The highest BCUT2D eigenvalue weighted by Gasteiger charge is 2.21. The van der Waals surface area contributed by atoms with Crippen molar-refractivity contribution < 1.29 is 13.5 Å². The van der Waals surface area contributed by atoms with Crippen molar-refractivity contribution in [2.24, 2.45) is 0 Å². The summed E-state index contributed by atoms with van der Waals surface area (Å²) in [6.45, 7) is 0. The number of rotatable bonds is 4. The molecule has 8 heteroatoms. The van der Waals surface area contributed by atoms with E-state index in [-0.39, 0.29) is 16.5 Å². The van der Waals surface area contributed by atoms with Gasteiger partial charge in [0.15, 0.2) is 21.3 Å². The number of nitrogens with zero attached hydrogens (tertiary/aromatic N) is 3. The minimum absolute atomic E-state index is 0.0995. The third-order valence-electron chi connectivity index (χ3n) is 4.77. The van der Waals surface area contributed by atoms with Crippen LogP contribution in [0.4, 0.5) is 0 Å². The Hall–Kier alpha value is -3.65. The van der Waals surface area contributed by atoms with Crippen molar-refractivity contribution in [2.45, 2.75) is 10.6 Å². The molecule has 0 aliphatic rings. The quantitative estimate of drug-likeness (QED) is 0.477. The van der Waals surface area contributed by atoms with Gasteiger partial charge >= 0.3 is 0 Å². The zero-order valence-corrected chi connectivity index (χ0v) is 16.0. The molecule has 0 aliphatic carbocycles. The van der Waals surface area contributed by atoms with Gasteiger partial charge in [0, 0.05) is 17.1 Å². The van der Waals surface area contributed by atoms with Gasteiger partial charge in [-0.15, -0.1) is 5.10 Å². The number of nitrogens with one attached hydrogen (secondary N) is 1. The molecular weight excluding hydrogens is 388 g/mol. The van der Waals surface area contributed by atoms with Crippen LogP contribution in [0.5, 0.6) is 5.88 Å². The molecule has 0 saturated carbocycles. The van der Waals surface area contributed by atoms with Crippen LogP contribution in [-0.2, 0) is 15.6 Å². The number of aromatic amines is 1. The predicted molar refractivity (Wildman–Crippen MR) is 109 cm³/mol. The number of pyridine rings is 1. The van der Waals surface area contributed by atoms with Crippen LogP contribution in [0.2, 0.25) is 0 Å². The van der Waals surface area contributed by atoms with E-state index in [0.717, 1.165) is 0 Å². The van der Waals surface area contributed by atoms with Crippen molar-refractivity contribution in [2.75, 3.05) is 0 Å². The third-order valence-corrected chi connectivity index (χ3v) is 6.46. The lowest BCUT2D eigenvalue weighted by Gasteiger charge is -2.05. The highest BCUT2D eigenvalue weighted by molar-refractivity contribution is 7.90. The van der Waals surface area contributed by atoms with Gasteiger partial charge in [0.05, 0.1) is 16.2 Å². The minimum atomic E-state index is -3.56. The van der Waals surface area contributed by atoms with Crippen LogP contribution in [0, 0.1) is 0 Å². The summed E-state index contributed by atoms with van der Waals surface area (Å²) < 4.78 is 27.5. The third kappa shape index (κ3) is 3.03. The molecule has 2 N–H and O–H groups in total. The molecule has 0 spiro atoms. The second kappa shape index (κ2) is 6.46. The first-order valence-corrected chi connectivity index (χ1v) is 10.6. The fourth-order valence-corrected chi connectivity index (χ4v) is 4.76. The van der Waals surface area contributed by atoms with E-state index in [1.807, 2.05) is 30.3 Å². The summed E-state index contributed by atoms with van der Waals surface area (Å²) in [7, 11) is -3.56. The monoisotopic (exact) mass is 404 g/mol. The van der Waals surface area contributed by atoms with Gasteiger partial charge in [0.25, 0.3) is 0 Å². The summed E-state index contributed by atoms with van der Waals surface area (Å²) in [5, 5.41) is 15.4. The van der Waals surface area contributed by atoms with Crippen LogP contribution >= 0.6 is 0 Å². The molecule has 7 nitrogen and oxygen atoms in total. The fourth-order valence-electron chi connectivity index (χ4n) is 3.39. The van der Waals surface area contributed by atoms with Gasteiger partial charge in [0.1, 0.15) is 0 Å². The number of hydrogen-bond acceptors (Lipinski definition) is 5. The molecule has 0 fully saturated rings. The van der Waals surface area contributed by atoms with E-state index < -0.39 is 9.84 Å². The van der Waals surface area contributed by atoms with Gasteiger partial charge in [-0.3, -0.25) is 0 Å². The average molecular weight is 404 g/mol. The summed E-state index contributed by atoms with van der Waals surface area (Å²) in [5.41, 5.74) is 2.33. The first kappa shape index (κ1) is 17.4. The predicted octanol–water partition coefficient (Wildman–Crippen LogP) is 3.56. The average Bonchev–Trinajstić information content (AvgIpc) is 3.27. The maximum atomic E-state index is 12.9. The molecule has 0 atom stereocenters. The number of sulfone groups is 1. The molecule has 3 aromatic heterocycles. The molecule has 0 aliphatic heterocycles. The molecule has 29 heavy (non-hydrogen) atoms. The first-order chi connectivity index (χ1) is 14.0. The van der Waals surface area contributed by atoms with E-state index in [4.69, 9.17) is 0 Å². The Bertz CT molecular complexity index is 1420. The standard InChI is InChI=1S/C21H16N4O3S/c26-21-19(20-23-18-8-4-5-11-25(18)24-20)16-12-15(9-10-17(16)22-21)29(27,28)13-14-6-2-1-3-7-14/h1-12,22,26H,13H2. The number of fused-ring (bicyclic) bond motifs is 2. The Balaban J connectivity index is 1.64. The number of benzene rings is 2. The molecule has 3 heterocycles. The van der Waals surface area contributed by atoms with Crippen molar-refractivity contribution >= 4 is 26.4 Å². The van der Waals surface area contributed by atoms with Gasteiger partial charge in [-0.1, -0.05) is 36.4 Å². The first-order valence-electron chi connectivity index (χ1n) is 8.94. The molecular formula is C21H16N4O3S. The van der Waals surface area contributed by atoms with E-state index >= 15 is 0 Å². The number of H-pyrrole nitrogens is 1. The summed E-state index contributed by atoms with van der Waals surface area (Å²) in [5.74, 6) is 0.114. The maximum Gasteiger partial charge on any atom is 0.200 e. The lowest BCUT2D eigenvalue weighted by atomic mass is 10.1. The molecule has 0 amide bonds. The van der Waals surface area contributed by atoms with Gasteiger partial charge in [0.2, 0.25) is 5.88 Å². The van der Waals surface area contributed by atoms with Gasteiger partial charge < -0.3 is 10.1 Å². The van der Waals surface area contributed by atoms with Crippen molar-refractivity contribution in [1.29, 1.82) is 0 Å². The Labute approximate surface area is 166 Å². The van der Waals surface area contributed by atoms with Gasteiger partial charge in [-0.2, -0.15) is 0 Å². The SMILES string of the molecule is O=S(=O)(Cc1ccccc1)c1ccc2[nH]c(O)c(-c3nc4ccccn4n3)c2c1. The summed E-state index contributed by atoms with van der Waals surface area (Å²) in [6, 6.07) is 19.3.